The second-order valence-electron chi connectivity index (χ2n) is 4.05. The number of benzene rings is 1. The molecule has 0 saturated heterocycles. The number of ether oxygens (including phenoxy) is 2. The molecular formula is C12H15N5O3. The predicted molar refractivity (Wildman–Crippen MR) is 69.3 cm³/mol. The molecule has 0 aliphatic heterocycles. The molecule has 1 aromatic carbocycles. The summed E-state index contributed by atoms with van der Waals surface area (Å²) < 4.78 is 10.6. The fourth-order valence-corrected chi connectivity index (χ4v) is 1.52. The average Bonchev–Trinajstić information content (AvgIpc) is 2.97. The van der Waals surface area contributed by atoms with E-state index in [1.807, 2.05) is 19.1 Å². The highest BCUT2D eigenvalue weighted by molar-refractivity contribution is 5.77. The lowest BCUT2D eigenvalue weighted by molar-refractivity contribution is -0.123. The summed E-state index contributed by atoms with van der Waals surface area (Å²) in [5.41, 5.74) is 1.05. The number of nitrogens with zero attached hydrogens (tertiary/aromatic N) is 3. The average molecular weight is 277 g/mol. The monoisotopic (exact) mass is 277 g/mol. The first-order valence-corrected chi connectivity index (χ1v) is 5.95. The fourth-order valence-electron chi connectivity index (χ4n) is 1.52. The molecule has 0 aliphatic carbocycles. The number of hydrogen-bond acceptors (Lipinski definition) is 6. The zero-order chi connectivity index (χ0) is 14.4. The number of carbonyl (C=O) groups is 1. The van der Waals surface area contributed by atoms with E-state index in [0.717, 1.165) is 5.56 Å². The Bertz CT molecular complexity index is 570. The number of hydrogen-bond donors (Lipinski definition) is 2. The van der Waals surface area contributed by atoms with Gasteiger partial charge in [0.2, 0.25) is 0 Å². The van der Waals surface area contributed by atoms with Gasteiger partial charge in [0.25, 0.3) is 5.91 Å². The molecule has 20 heavy (non-hydrogen) atoms. The van der Waals surface area contributed by atoms with Gasteiger partial charge in [-0.25, -0.2) is 0 Å². The number of amides is 1. The number of tetrazole rings is 1. The molecule has 1 heterocycles. The van der Waals surface area contributed by atoms with Gasteiger partial charge in [0, 0.05) is 0 Å². The largest absolute Gasteiger partial charge is 0.493 e. The minimum Gasteiger partial charge on any atom is -0.493 e. The van der Waals surface area contributed by atoms with Crippen molar-refractivity contribution in [3.63, 3.8) is 0 Å². The van der Waals surface area contributed by atoms with Crippen LogP contribution in [0.3, 0.4) is 0 Å². The first-order valence-electron chi connectivity index (χ1n) is 5.95. The second kappa shape index (κ2) is 6.50. The predicted octanol–water partition coefficient (Wildman–Crippen LogP) is 0.212. The Balaban J connectivity index is 1.84. The summed E-state index contributed by atoms with van der Waals surface area (Å²) >= 11 is 0. The van der Waals surface area contributed by atoms with Crippen molar-refractivity contribution in [2.45, 2.75) is 13.5 Å². The summed E-state index contributed by atoms with van der Waals surface area (Å²) in [6.45, 7) is 2.03. The van der Waals surface area contributed by atoms with E-state index in [1.165, 1.54) is 0 Å². The lowest BCUT2D eigenvalue weighted by atomic mass is 10.2. The smallest absolute Gasteiger partial charge is 0.258 e. The van der Waals surface area contributed by atoms with Crippen molar-refractivity contribution in [1.82, 2.24) is 25.9 Å². The molecule has 8 nitrogen and oxygen atoms in total. The summed E-state index contributed by atoms with van der Waals surface area (Å²) in [6.07, 6.45) is 0. The van der Waals surface area contributed by atoms with E-state index in [2.05, 4.69) is 25.9 Å². The third-order valence-corrected chi connectivity index (χ3v) is 2.51. The third-order valence-electron chi connectivity index (χ3n) is 2.51. The van der Waals surface area contributed by atoms with E-state index in [4.69, 9.17) is 9.47 Å². The van der Waals surface area contributed by atoms with Crippen LogP contribution in [0.4, 0.5) is 0 Å². The standard InChI is InChI=1S/C12H15N5O3/c1-8-3-4-9(10(5-8)19-2)20-7-12(18)13-6-11-14-16-17-15-11/h3-5H,6-7H2,1-2H3,(H,13,18)(H,14,15,16,17). The van der Waals surface area contributed by atoms with Crippen molar-refractivity contribution in [2.75, 3.05) is 13.7 Å². The van der Waals surface area contributed by atoms with Crippen LogP contribution in [0.2, 0.25) is 0 Å². The normalized spacial score (nSPS) is 10.1. The van der Waals surface area contributed by atoms with Crippen molar-refractivity contribution >= 4 is 5.91 Å². The molecule has 0 atom stereocenters. The molecule has 0 bridgehead atoms. The topological polar surface area (TPSA) is 102 Å². The number of nitrogens with one attached hydrogen (secondary N) is 2. The van der Waals surface area contributed by atoms with Crippen LogP contribution < -0.4 is 14.8 Å². The Morgan fingerprint density at radius 3 is 2.95 bits per heavy atom. The highest BCUT2D eigenvalue weighted by Gasteiger charge is 2.08. The van der Waals surface area contributed by atoms with Crippen LogP contribution in [0, 0.1) is 6.92 Å². The summed E-state index contributed by atoms with van der Waals surface area (Å²) in [4.78, 5) is 11.6. The van der Waals surface area contributed by atoms with Crippen LogP contribution in [0.15, 0.2) is 18.2 Å². The first-order chi connectivity index (χ1) is 9.69. The number of aromatic amines is 1. The molecule has 0 spiro atoms. The van der Waals surface area contributed by atoms with Crippen molar-refractivity contribution in [1.29, 1.82) is 0 Å². The summed E-state index contributed by atoms with van der Waals surface area (Å²) in [5, 5.41) is 15.7. The van der Waals surface area contributed by atoms with Gasteiger partial charge < -0.3 is 14.8 Å². The Kier molecular flexibility index (Phi) is 4.48. The van der Waals surface area contributed by atoms with Crippen molar-refractivity contribution in [3.05, 3.63) is 29.6 Å². The summed E-state index contributed by atoms with van der Waals surface area (Å²) in [5.74, 6) is 1.24. The van der Waals surface area contributed by atoms with Gasteiger partial charge in [-0.05, 0) is 24.6 Å². The van der Waals surface area contributed by atoms with E-state index < -0.39 is 0 Å². The number of aryl methyl sites for hydroxylation is 1. The van der Waals surface area contributed by atoms with Gasteiger partial charge in [-0.15, -0.1) is 10.2 Å². The van der Waals surface area contributed by atoms with Gasteiger partial charge in [0.1, 0.15) is 0 Å². The number of rotatable bonds is 6. The van der Waals surface area contributed by atoms with Crippen LogP contribution in [0.1, 0.15) is 11.4 Å². The molecule has 2 aromatic rings. The number of carbonyl (C=O) groups excluding carboxylic acids is 1. The van der Waals surface area contributed by atoms with Crippen molar-refractivity contribution < 1.29 is 14.3 Å². The van der Waals surface area contributed by atoms with Gasteiger partial charge in [0.15, 0.2) is 23.9 Å². The molecule has 0 aliphatic rings. The van der Waals surface area contributed by atoms with Gasteiger partial charge in [-0.2, -0.15) is 5.21 Å². The van der Waals surface area contributed by atoms with Gasteiger partial charge in [0.05, 0.1) is 13.7 Å². The molecule has 2 rings (SSSR count). The Hall–Kier alpha value is -2.64. The zero-order valence-electron chi connectivity index (χ0n) is 11.2. The molecule has 1 amide bonds. The molecular weight excluding hydrogens is 262 g/mol. The van der Waals surface area contributed by atoms with E-state index in [9.17, 15) is 4.79 Å². The first kappa shape index (κ1) is 13.8. The maximum absolute atomic E-state index is 11.6. The molecule has 1 aromatic heterocycles. The minimum absolute atomic E-state index is 0.114. The van der Waals surface area contributed by atoms with Crippen LogP contribution in [-0.4, -0.2) is 40.2 Å². The lowest BCUT2D eigenvalue weighted by Gasteiger charge is -2.10. The summed E-state index contributed by atoms with van der Waals surface area (Å²) in [7, 11) is 1.55. The highest BCUT2D eigenvalue weighted by Crippen LogP contribution is 2.27. The fraction of sp³-hybridized carbons (Fsp3) is 0.333. The zero-order valence-corrected chi connectivity index (χ0v) is 11.2. The van der Waals surface area contributed by atoms with Crippen molar-refractivity contribution in [3.8, 4) is 11.5 Å². The lowest BCUT2D eigenvalue weighted by Crippen LogP contribution is -2.28. The van der Waals surface area contributed by atoms with E-state index >= 15 is 0 Å². The van der Waals surface area contributed by atoms with E-state index in [1.54, 1.807) is 13.2 Å². The maximum atomic E-state index is 11.6. The van der Waals surface area contributed by atoms with E-state index in [-0.39, 0.29) is 19.1 Å². The molecule has 0 fully saturated rings. The molecule has 106 valence electrons. The summed E-state index contributed by atoms with van der Waals surface area (Å²) in [6, 6.07) is 5.49. The molecule has 8 heteroatoms. The Labute approximate surface area is 115 Å². The van der Waals surface area contributed by atoms with Gasteiger partial charge in [-0.1, -0.05) is 11.3 Å². The number of methoxy groups -OCH3 is 1. The number of aromatic nitrogens is 4. The van der Waals surface area contributed by atoms with Gasteiger partial charge >= 0.3 is 0 Å². The van der Waals surface area contributed by atoms with Gasteiger partial charge in [-0.3, -0.25) is 4.79 Å². The molecule has 0 unspecified atom stereocenters. The SMILES string of the molecule is COc1cc(C)ccc1OCC(=O)NCc1nn[nH]n1. The highest BCUT2D eigenvalue weighted by atomic mass is 16.5. The molecule has 0 saturated carbocycles. The quantitative estimate of drug-likeness (QED) is 0.782. The van der Waals surface area contributed by atoms with Crippen LogP contribution in [0.25, 0.3) is 0 Å². The van der Waals surface area contributed by atoms with E-state index in [0.29, 0.717) is 17.3 Å². The van der Waals surface area contributed by atoms with Crippen molar-refractivity contribution in [2.24, 2.45) is 0 Å². The van der Waals surface area contributed by atoms with Crippen LogP contribution in [-0.2, 0) is 11.3 Å². The number of H-pyrrole nitrogens is 1. The van der Waals surface area contributed by atoms with Crippen LogP contribution >= 0.6 is 0 Å². The second-order valence-corrected chi connectivity index (χ2v) is 4.05. The van der Waals surface area contributed by atoms with Crippen LogP contribution in [0.5, 0.6) is 11.5 Å². The Morgan fingerprint density at radius 1 is 1.40 bits per heavy atom. The Morgan fingerprint density at radius 2 is 2.25 bits per heavy atom. The minimum atomic E-state index is -0.280. The molecule has 0 radical (unpaired) electrons. The maximum Gasteiger partial charge on any atom is 0.258 e. The third kappa shape index (κ3) is 3.67. The molecule has 2 N–H and O–H groups in total.